The molecule has 0 radical (unpaired) electrons. The van der Waals surface area contributed by atoms with Gasteiger partial charge in [0.2, 0.25) is 9.84 Å². The van der Waals surface area contributed by atoms with Crippen molar-refractivity contribution in [3.05, 3.63) is 88.4 Å². The summed E-state index contributed by atoms with van der Waals surface area (Å²) in [7, 11) is -1.79. The Bertz CT molecular complexity index is 1600. The second-order valence-electron chi connectivity index (χ2n) is 10.7. The minimum atomic E-state index is -4.07. The van der Waals surface area contributed by atoms with Crippen molar-refractivity contribution < 1.29 is 42.1 Å². The number of carbonyl (C=O) groups is 3. The fourth-order valence-electron chi connectivity index (χ4n) is 4.09. The first-order chi connectivity index (χ1) is 20.6. The van der Waals surface area contributed by atoms with Gasteiger partial charge in [-0.25, -0.2) is 22.8 Å². The van der Waals surface area contributed by atoms with E-state index in [9.17, 15) is 27.9 Å². The average Bonchev–Trinajstić information content (AvgIpc) is 2.98. The molecule has 0 aliphatic carbocycles. The van der Waals surface area contributed by atoms with Crippen LogP contribution in [0.15, 0.2) is 76.5 Å². The molecule has 1 atom stereocenters. The van der Waals surface area contributed by atoms with E-state index in [2.05, 4.69) is 10.1 Å². The average molecular weight is 647 g/mol. The van der Waals surface area contributed by atoms with Gasteiger partial charge < -0.3 is 24.2 Å². The minimum Gasteiger partial charge on any atom is -0.465 e. The summed E-state index contributed by atoms with van der Waals surface area (Å²) in [6.07, 6.45) is -2.13. The Hall–Kier alpha value is -4.13. The molecule has 0 saturated carbocycles. The topological polar surface area (TPSA) is 149 Å². The summed E-state index contributed by atoms with van der Waals surface area (Å²) in [6.45, 7) is 5.35. The Morgan fingerprint density at radius 1 is 0.955 bits per heavy atom. The van der Waals surface area contributed by atoms with Crippen LogP contribution in [0.1, 0.15) is 48.4 Å². The number of halogens is 1. The van der Waals surface area contributed by atoms with Crippen LogP contribution in [0.3, 0.4) is 0 Å². The number of rotatable bonds is 10. The maximum Gasteiger partial charge on any atom is 0.411 e. The summed E-state index contributed by atoms with van der Waals surface area (Å²) in [5.74, 6) is -0.848. The first-order valence-corrected chi connectivity index (χ1v) is 15.3. The SMILES string of the molecule is COC(=O)Nc1ccc(S(=O)(=O)c2ccc(CCN(C[C@H](O)c3cccc(Cl)c3)C(=O)OC(C)(C)C)cc2)cc1C(=O)OC. The van der Waals surface area contributed by atoms with Crippen LogP contribution in [0.2, 0.25) is 5.02 Å². The first-order valence-electron chi connectivity index (χ1n) is 13.5. The number of sulfone groups is 1. The number of amides is 2. The van der Waals surface area contributed by atoms with Crippen molar-refractivity contribution in [1.82, 2.24) is 4.90 Å². The van der Waals surface area contributed by atoms with Crippen LogP contribution in [0.5, 0.6) is 0 Å². The number of carbonyl (C=O) groups excluding carboxylic acids is 3. The highest BCUT2D eigenvalue weighted by atomic mass is 35.5. The van der Waals surface area contributed by atoms with Gasteiger partial charge in [0.15, 0.2) is 0 Å². The molecular weight excluding hydrogens is 612 g/mol. The summed E-state index contributed by atoms with van der Waals surface area (Å²) < 4.78 is 41.6. The molecule has 0 spiro atoms. The monoisotopic (exact) mass is 646 g/mol. The smallest absolute Gasteiger partial charge is 0.411 e. The van der Waals surface area contributed by atoms with E-state index in [1.54, 1.807) is 57.2 Å². The van der Waals surface area contributed by atoms with Crippen LogP contribution in [-0.2, 0) is 30.5 Å². The van der Waals surface area contributed by atoms with E-state index in [0.29, 0.717) is 17.0 Å². The molecular formula is C31H35ClN2O9S. The molecule has 3 aromatic rings. The molecule has 0 fully saturated rings. The summed E-state index contributed by atoms with van der Waals surface area (Å²) in [5, 5.41) is 13.6. The third kappa shape index (κ3) is 9.18. The molecule has 0 bridgehead atoms. The molecule has 2 N–H and O–H groups in total. The molecule has 0 unspecified atom stereocenters. The van der Waals surface area contributed by atoms with E-state index in [1.807, 2.05) is 0 Å². The van der Waals surface area contributed by atoms with Gasteiger partial charge in [-0.15, -0.1) is 0 Å². The number of hydrogen-bond acceptors (Lipinski definition) is 9. The zero-order valence-corrected chi connectivity index (χ0v) is 26.6. The van der Waals surface area contributed by atoms with Gasteiger partial charge in [-0.3, -0.25) is 5.32 Å². The molecule has 0 aliphatic rings. The first kappa shape index (κ1) is 34.4. The maximum atomic E-state index is 13.4. The van der Waals surface area contributed by atoms with Crippen molar-refractivity contribution in [2.45, 2.75) is 48.7 Å². The standard InChI is InChI=1S/C31H35ClN2O9S/c1-31(2,3)43-30(38)34(19-27(35)21-7-6-8-22(32)17-21)16-15-20-9-11-23(12-10-20)44(39,40)24-13-14-26(33-29(37)42-5)25(18-24)28(36)41-4/h6-14,17-18,27,35H,15-16,19H2,1-5H3,(H,33,37)/t27-/m0/s1. The fourth-order valence-corrected chi connectivity index (χ4v) is 5.57. The van der Waals surface area contributed by atoms with Crippen LogP contribution < -0.4 is 5.32 Å². The predicted octanol–water partition coefficient (Wildman–Crippen LogP) is 5.65. The van der Waals surface area contributed by atoms with Crippen molar-refractivity contribution in [3.8, 4) is 0 Å². The number of nitrogens with one attached hydrogen (secondary N) is 1. The van der Waals surface area contributed by atoms with Gasteiger partial charge in [-0.1, -0.05) is 35.9 Å². The third-order valence-electron chi connectivity index (χ3n) is 6.31. The summed E-state index contributed by atoms with van der Waals surface area (Å²) >= 11 is 6.06. The Morgan fingerprint density at radius 3 is 2.20 bits per heavy atom. The van der Waals surface area contributed by atoms with Crippen molar-refractivity contribution in [3.63, 3.8) is 0 Å². The molecule has 0 heterocycles. The van der Waals surface area contributed by atoms with Crippen LogP contribution in [-0.4, -0.2) is 69.5 Å². The van der Waals surface area contributed by atoms with Crippen molar-refractivity contribution in [2.24, 2.45) is 0 Å². The number of methoxy groups -OCH3 is 2. The normalized spacial score (nSPS) is 12.2. The van der Waals surface area contributed by atoms with Gasteiger partial charge in [-0.05, 0) is 80.8 Å². The molecule has 0 saturated heterocycles. The van der Waals surface area contributed by atoms with Gasteiger partial charge >= 0.3 is 18.2 Å². The second kappa shape index (κ2) is 14.6. The highest BCUT2D eigenvalue weighted by molar-refractivity contribution is 7.91. The van der Waals surface area contributed by atoms with E-state index in [1.165, 1.54) is 29.2 Å². The molecule has 2 amide bonds. The van der Waals surface area contributed by atoms with Gasteiger partial charge in [0.1, 0.15) is 5.60 Å². The van der Waals surface area contributed by atoms with Gasteiger partial charge in [0, 0.05) is 11.6 Å². The molecule has 13 heteroatoms. The number of ether oxygens (including phenoxy) is 3. The lowest BCUT2D eigenvalue weighted by Crippen LogP contribution is -2.40. The zero-order valence-electron chi connectivity index (χ0n) is 25.0. The largest absolute Gasteiger partial charge is 0.465 e. The number of anilines is 1. The van der Waals surface area contributed by atoms with Crippen LogP contribution in [0, 0.1) is 0 Å². The Kier molecular flexibility index (Phi) is 11.4. The number of aliphatic hydroxyl groups excluding tert-OH is 1. The van der Waals surface area contributed by atoms with Gasteiger partial charge in [-0.2, -0.15) is 0 Å². The van der Waals surface area contributed by atoms with Crippen LogP contribution in [0.25, 0.3) is 0 Å². The van der Waals surface area contributed by atoms with E-state index in [0.717, 1.165) is 25.8 Å². The van der Waals surface area contributed by atoms with E-state index < -0.39 is 39.7 Å². The van der Waals surface area contributed by atoms with E-state index in [4.69, 9.17) is 21.1 Å². The molecule has 0 aromatic heterocycles. The third-order valence-corrected chi connectivity index (χ3v) is 8.31. The van der Waals surface area contributed by atoms with Crippen LogP contribution >= 0.6 is 11.6 Å². The zero-order chi connectivity index (χ0) is 32.7. The van der Waals surface area contributed by atoms with E-state index >= 15 is 0 Å². The van der Waals surface area contributed by atoms with Crippen molar-refractivity contribution in [1.29, 1.82) is 0 Å². The highest BCUT2D eigenvalue weighted by Gasteiger charge is 2.26. The lowest BCUT2D eigenvalue weighted by Gasteiger charge is -2.29. The molecule has 44 heavy (non-hydrogen) atoms. The van der Waals surface area contributed by atoms with Crippen molar-refractivity contribution >= 4 is 45.3 Å². The number of benzene rings is 3. The Morgan fingerprint density at radius 2 is 1.61 bits per heavy atom. The fraction of sp³-hybridized carbons (Fsp3) is 0.323. The Balaban J connectivity index is 1.80. The Labute approximate surface area is 261 Å². The quantitative estimate of drug-likeness (QED) is 0.210. The van der Waals surface area contributed by atoms with Gasteiger partial charge in [0.05, 0.1) is 47.9 Å². The minimum absolute atomic E-state index is 0.0213. The number of hydrogen-bond donors (Lipinski definition) is 2. The number of nitrogens with zero attached hydrogens (tertiary/aromatic N) is 1. The molecule has 11 nitrogen and oxygen atoms in total. The predicted molar refractivity (Wildman–Crippen MR) is 164 cm³/mol. The summed E-state index contributed by atoms with van der Waals surface area (Å²) in [4.78, 5) is 38.1. The molecule has 3 aromatic carbocycles. The summed E-state index contributed by atoms with van der Waals surface area (Å²) in [5.41, 5.74) is 0.367. The number of aliphatic hydroxyl groups is 1. The van der Waals surface area contributed by atoms with Gasteiger partial charge in [0.25, 0.3) is 0 Å². The molecule has 0 aliphatic heterocycles. The van der Waals surface area contributed by atoms with Crippen LogP contribution in [0.4, 0.5) is 15.3 Å². The molecule has 236 valence electrons. The molecule has 3 rings (SSSR count). The maximum absolute atomic E-state index is 13.4. The number of esters is 1. The van der Waals surface area contributed by atoms with E-state index in [-0.39, 0.29) is 34.1 Å². The summed E-state index contributed by atoms with van der Waals surface area (Å²) in [6, 6.07) is 16.4. The van der Waals surface area contributed by atoms with Crippen molar-refractivity contribution in [2.75, 3.05) is 32.6 Å². The highest BCUT2D eigenvalue weighted by Crippen LogP contribution is 2.27. The lowest BCUT2D eigenvalue weighted by atomic mass is 10.1. The lowest BCUT2D eigenvalue weighted by molar-refractivity contribution is 0.0147. The second-order valence-corrected chi connectivity index (χ2v) is 13.1.